The average molecular weight is 308 g/mol. The fourth-order valence-electron chi connectivity index (χ4n) is 3.12. The molecule has 0 aromatic heterocycles. The van der Waals surface area contributed by atoms with E-state index in [-0.39, 0.29) is 11.8 Å². The third-order valence-corrected chi connectivity index (χ3v) is 4.36. The van der Waals surface area contributed by atoms with Crippen LogP contribution in [0.3, 0.4) is 0 Å². The first-order chi connectivity index (χ1) is 11.1. The lowest BCUT2D eigenvalue weighted by Crippen LogP contribution is -2.27. The Balaban J connectivity index is 2.18. The van der Waals surface area contributed by atoms with Crippen molar-refractivity contribution in [2.45, 2.75) is 19.8 Å². The van der Waals surface area contributed by atoms with E-state index in [0.29, 0.717) is 0 Å². The van der Waals surface area contributed by atoms with Crippen LogP contribution < -0.4 is 9.80 Å². The molecule has 0 saturated carbocycles. The normalized spacial score (nSPS) is 12.8. The topological polar surface area (TPSA) is 40.6 Å². The van der Waals surface area contributed by atoms with Crippen LogP contribution >= 0.6 is 0 Å². The van der Waals surface area contributed by atoms with Crippen molar-refractivity contribution in [1.82, 2.24) is 0 Å². The Kier molecular flexibility index (Phi) is 3.90. The summed E-state index contributed by atoms with van der Waals surface area (Å²) in [6.45, 7) is 6.37. The first-order valence-corrected chi connectivity index (χ1v) is 7.87. The van der Waals surface area contributed by atoms with E-state index >= 15 is 0 Å². The van der Waals surface area contributed by atoms with Crippen LogP contribution in [0.4, 0.5) is 11.4 Å². The third-order valence-electron chi connectivity index (χ3n) is 4.36. The lowest BCUT2D eigenvalue weighted by Gasteiger charge is -2.20. The second-order valence-corrected chi connectivity index (χ2v) is 5.74. The van der Waals surface area contributed by atoms with Crippen LogP contribution in [0.1, 0.15) is 30.1 Å². The van der Waals surface area contributed by atoms with Gasteiger partial charge in [-0.15, -0.1) is 0 Å². The van der Waals surface area contributed by atoms with E-state index in [2.05, 4.69) is 13.5 Å². The zero-order chi connectivity index (χ0) is 16.6. The Morgan fingerprint density at radius 2 is 2.09 bits per heavy atom. The van der Waals surface area contributed by atoms with Gasteiger partial charge in [0.15, 0.2) is 0 Å². The Hall–Kier alpha value is -2.62. The quantitative estimate of drug-likeness (QED) is 0.789. The smallest absolute Gasteiger partial charge is 0.258 e. The van der Waals surface area contributed by atoms with Crippen LogP contribution in [0, 0.1) is 0 Å². The molecule has 4 heteroatoms. The van der Waals surface area contributed by atoms with Gasteiger partial charge in [-0.3, -0.25) is 9.59 Å². The van der Waals surface area contributed by atoms with Crippen LogP contribution in [0.5, 0.6) is 0 Å². The molecule has 0 bridgehead atoms. The van der Waals surface area contributed by atoms with E-state index < -0.39 is 0 Å². The SMILES string of the molecule is C=CC(=O)N(C)c1ccc2c3c(cccc13)C(=O)N2CCCC. The van der Waals surface area contributed by atoms with Gasteiger partial charge < -0.3 is 9.80 Å². The molecule has 2 aromatic carbocycles. The van der Waals surface area contributed by atoms with E-state index in [4.69, 9.17) is 0 Å². The highest BCUT2D eigenvalue weighted by atomic mass is 16.2. The molecule has 0 aliphatic carbocycles. The first kappa shape index (κ1) is 15.3. The number of likely N-dealkylation sites (N-methyl/N-ethyl adjacent to an activating group) is 1. The standard InChI is InChI=1S/C19H20N2O2/c1-4-6-12-21-16-11-10-15(20(3)17(22)5-2)13-8-7-9-14(18(13)16)19(21)23/h5,7-11H,2,4,6,12H2,1,3H3. The number of unbranched alkanes of at least 4 members (excludes halogenated alkanes) is 1. The Labute approximate surface area is 136 Å². The molecule has 1 heterocycles. The third kappa shape index (κ3) is 2.31. The van der Waals surface area contributed by atoms with E-state index in [0.717, 1.165) is 47.1 Å². The molecule has 0 saturated heterocycles. The lowest BCUT2D eigenvalue weighted by molar-refractivity contribution is -0.113. The largest absolute Gasteiger partial charge is 0.311 e. The summed E-state index contributed by atoms with van der Waals surface area (Å²) in [5.74, 6) is -0.119. The number of carbonyl (C=O) groups excluding carboxylic acids is 2. The number of rotatable bonds is 5. The minimum Gasteiger partial charge on any atom is -0.311 e. The van der Waals surface area contributed by atoms with Crippen molar-refractivity contribution in [2.24, 2.45) is 0 Å². The molecular weight excluding hydrogens is 288 g/mol. The van der Waals surface area contributed by atoms with Gasteiger partial charge in [0.2, 0.25) is 5.91 Å². The summed E-state index contributed by atoms with van der Waals surface area (Å²) in [6, 6.07) is 9.54. The maximum atomic E-state index is 12.7. The zero-order valence-electron chi connectivity index (χ0n) is 13.5. The van der Waals surface area contributed by atoms with Crippen LogP contribution in [0.25, 0.3) is 10.8 Å². The maximum Gasteiger partial charge on any atom is 0.258 e. The van der Waals surface area contributed by atoms with E-state index in [9.17, 15) is 9.59 Å². The second kappa shape index (κ2) is 5.88. The summed E-state index contributed by atoms with van der Waals surface area (Å²) in [6.07, 6.45) is 3.30. The van der Waals surface area contributed by atoms with Gasteiger partial charge in [-0.1, -0.05) is 32.1 Å². The molecule has 118 valence electrons. The molecule has 0 atom stereocenters. The average Bonchev–Trinajstić information content (AvgIpc) is 2.86. The Morgan fingerprint density at radius 3 is 2.78 bits per heavy atom. The number of nitrogens with zero attached hydrogens (tertiary/aromatic N) is 2. The predicted molar refractivity (Wildman–Crippen MR) is 94.1 cm³/mol. The minimum atomic E-state index is -0.169. The summed E-state index contributed by atoms with van der Waals surface area (Å²) in [7, 11) is 1.72. The van der Waals surface area contributed by atoms with Crippen LogP contribution in [0.15, 0.2) is 43.0 Å². The zero-order valence-corrected chi connectivity index (χ0v) is 13.5. The molecule has 4 nitrogen and oxygen atoms in total. The molecule has 1 aliphatic rings. The number of benzene rings is 2. The summed E-state index contributed by atoms with van der Waals surface area (Å²) in [5.41, 5.74) is 2.45. The van der Waals surface area contributed by atoms with Crippen LogP contribution in [-0.2, 0) is 4.79 Å². The number of carbonyl (C=O) groups is 2. The van der Waals surface area contributed by atoms with Crippen molar-refractivity contribution in [3.8, 4) is 0 Å². The van der Waals surface area contributed by atoms with Gasteiger partial charge >= 0.3 is 0 Å². The Morgan fingerprint density at radius 1 is 1.30 bits per heavy atom. The van der Waals surface area contributed by atoms with E-state index in [1.165, 1.54) is 6.08 Å². The van der Waals surface area contributed by atoms with Gasteiger partial charge in [-0.05, 0) is 30.7 Å². The maximum absolute atomic E-state index is 12.7. The molecular formula is C19H20N2O2. The van der Waals surface area contributed by atoms with Crippen molar-refractivity contribution in [2.75, 3.05) is 23.4 Å². The van der Waals surface area contributed by atoms with Crippen LogP contribution in [0.2, 0.25) is 0 Å². The molecule has 1 aliphatic heterocycles. The number of amides is 2. The number of hydrogen-bond acceptors (Lipinski definition) is 2. The molecule has 0 N–H and O–H groups in total. The molecule has 3 rings (SSSR count). The predicted octanol–water partition coefficient (Wildman–Crippen LogP) is 3.75. The van der Waals surface area contributed by atoms with Gasteiger partial charge in [0.1, 0.15) is 0 Å². The molecule has 0 fully saturated rings. The highest BCUT2D eigenvalue weighted by Crippen LogP contribution is 2.41. The summed E-state index contributed by atoms with van der Waals surface area (Å²) >= 11 is 0. The van der Waals surface area contributed by atoms with Crippen molar-refractivity contribution in [3.05, 3.63) is 48.6 Å². The lowest BCUT2D eigenvalue weighted by atomic mass is 10.0. The Bertz CT molecular complexity index is 810. The van der Waals surface area contributed by atoms with Gasteiger partial charge in [0, 0.05) is 29.9 Å². The highest BCUT2D eigenvalue weighted by Gasteiger charge is 2.30. The number of anilines is 2. The van der Waals surface area contributed by atoms with Gasteiger partial charge in [0.25, 0.3) is 5.91 Å². The van der Waals surface area contributed by atoms with E-state index in [1.54, 1.807) is 11.9 Å². The summed E-state index contributed by atoms with van der Waals surface area (Å²) < 4.78 is 0. The molecule has 23 heavy (non-hydrogen) atoms. The van der Waals surface area contributed by atoms with Crippen molar-refractivity contribution in [1.29, 1.82) is 0 Å². The van der Waals surface area contributed by atoms with Crippen LogP contribution in [-0.4, -0.2) is 25.4 Å². The molecule has 0 spiro atoms. The molecule has 0 radical (unpaired) electrons. The first-order valence-electron chi connectivity index (χ1n) is 7.87. The fourth-order valence-corrected chi connectivity index (χ4v) is 3.12. The van der Waals surface area contributed by atoms with Crippen molar-refractivity contribution in [3.63, 3.8) is 0 Å². The summed E-state index contributed by atoms with van der Waals surface area (Å²) in [4.78, 5) is 28.0. The molecule has 2 aromatic rings. The van der Waals surface area contributed by atoms with Crippen molar-refractivity contribution < 1.29 is 9.59 Å². The second-order valence-electron chi connectivity index (χ2n) is 5.74. The van der Waals surface area contributed by atoms with Gasteiger partial charge in [0.05, 0.1) is 11.4 Å². The number of hydrogen-bond donors (Lipinski definition) is 0. The highest BCUT2D eigenvalue weighted by molar-refractivity contribution is 6.27. The molecule has 0 unspecified atom stereocenters. The monoisotopic (exact) mass is 308 g/mol. The minimum absolute atomic E-state index is 0.0499. The van der Waals surface area contributed by atoms with Crippen molar-refractivity contribution >= 4 is 34.0 Å². The van der Waals surface area contributed by atoms with Gasteiger partial charge in [-0.2, -0.15) is 0 Å². The fraction of sp³-hybridized carbons (Fsp3) is 0.263. The summed E-state index contributed by atoms with van der Waals surface area (Å²) in [5, 5.41) is 1.86. The van der Waals surface area contributed by atoms with Gasteiger partial charge in [-0.25, -0.2) is 0 Å². The molecule has 2 amide bonds. The van der Waals surface area contributed by atoms with E-state index in [1.807, 2.05) is 35.2 Å².